The Kier molecular flexibility index (Phi) is 11.2. The summed E-state index contributed by atoms with van der Waals surface area (Å²) in [5.41, 5.74) is 2.84. The molecule has 202 valence electrons. The van der Waals surface area contributed by atoms with Gasteiger partial charge in [-0.1, -0.05) is 97.9 Å². The lowest BCUT2D eigenvalue weighted by Gasteiger charge is -2.45. The molecule has 0 aliphatic carbocycles. The van der Waals surface area contributed by atoms with Crippen molar-refractivity contribution >= 4 is 17.7 Å². The quantitative estimate of drug-likeness (QED) is 0.257. The van der Waals surface area contributed by atoms with Crippen LogP contribution in [-0.2, 0) is 48.3 Å². The van der Waals surface area contributed by atoms with Crippen LogP contribution in [0.4, 0.5) is 0 Å². The van der Waals surface area contributed by atoms with E-state index < -0.39 is 24.4 Å². The third kappa shape index (κ3) is 8.41. The van der Waals surface area contributed by atoms with Gasteiger partial charge >= 0.3 is 5.97 Å². The van der Waals surface area contributed by atoms with E-state index in [0.717, 1.165) is 22.4 Å². The highest BCUT2D eigenvalue weighted by Crippen LogP contribution is 2.35. The standard InChI is InChI=1S/C31H36O6S/c1-3-38-31-30(36-21-26-17-11-6-12-18-26)29(35-20-25-15-9-5-10-16-25)28(27(37-31)22-33-23(2)32)34-19-24-13-7-4-8-14-24/h4-18,27-31H,3,19-22H2,1-2H3/t27-,28-,29+,30-,31+/m1/s1. The van der Waals surface area contributed by atoms with E-state index in [-0.39, 0.29) is 18.0 Å². The molecule has 38 heavy (non-hydrogen) atoms. The zero-order valence-electron chi connectivity index (χ0n) is 21.9. The molecular formula is C31H36O6S. The summed E-state index contributed by atoms with van der Waals surface area (Å²) in [6.07, 6.45) is -1.89. The summed E-state index contributed by atoms with van der Waals surface area (Å²) in [7, 11) is 0. The molecule has 3 aromatic carbocycles. The first-order chi connectivity index (χ1) is 18.6. The molecule has 3 aromatic rings. The first-order valence-corrected chi connectivity index (χ1v) is 14.1. The van der Waals surface area contributed by atoms with Crippen LogP contribution in [0.5, 0.6) is 0 Å². The Hall–Kier alpha value is -2.68. The lowest BCUT2D eigenvalue weighted by molar-refractivity contribution is -0.253. The van der Waals surface area contributed by atoms with Crippen molar-refractivity contribution in [2.45, 2.75) is 63.5 Å². The molecule has 1 aliphatic heterocycles. The van der Waals surface area contributed by atoms with Crippen LogP contribution < -0.4 is 0 Å². The maximum absolute atomic E-state index is 11.7. The van der Waals surface area contributed by atoms with E-state index in [1.165, 1.54) is 6.92 Å². The first kappa shape index (κ1) is 28.3. The SMILES string of the molecule is CCS[C@@H]1O[C@H](COC(C)=O)[C@@H](OCc2ccccc2)[C@H](OCc2ccccc2)[C@H]1OCc1ccccc1. The topological polar surface area (TPSA) is 63.2 Å². The fourth-order valence-electron chi connectivity index (χ4n) is 4.38. The third-order valence-corrected chi connectivity index (χ3v) is 7.27. The van der Waals surface area contributed by atoms with E-state index in [4.69, 9.17) is 23.7 Å². The molecule has 1 aliphatic rings. The van der Waals surface area contributed by atoms with Crippen LogP contribution in [0.2, 0.25) is 0 Å². The van der Waals surface area contributed by atoms with E-state index >= 15 is 0 Å². The Morgan fingerprint density at radius 2 is 1.16 bits per heavy atom. The number of hydrogen-bond donors (Lipinski definition) is 0. The largest absolute Gasteiger partial charge is 0.463 e. The molecule has 0 saturated carbocycles. The third-order valence-electron chi connectivity index (χ3n) is 6.23. The molecule has 0 bridgehead atoms. The summed E-state index contributed by atoms with van der Waals surface area (Å²) >= 11 is 1.65. The first-order valence-electron chi connectivity index (χ1n) is 13.0. The van der Waals surface area contributed by atoms with E-state index in [2.05, 4.69) is 6.92 Å². The fraction of sp³-hybridized carbons (Fsp3) is 0.387. The maximum Gasteiger partial charge on any atom is 0.302 e. The monoisotopic (exact) mass is 536 g/mol. The number of ether oxygens (including phenoxy) is 5. The molecule has 1 heterocycles. The van der Waals surface area contributed by atoms with Gasteiger partial charge in [-0.3, -0.25) is 4.79 Å². The molecule has 0 spiro atoms. The van der Waals surface area contributed by atoms with Crippen molar-refractivity contribution in [2.75, 3.05) is 12.4 Å². The predicted molar refractivity (Wildman–Crippen MR) is 148 cm³/mol. The van der Waals surface area contributed by atoms with E-state index in [9.17, 15) is 4.79 Å². The van der Waals surface area contributed by atoms with Crippen LogP contribution in [0.15, 0.2) is 91.0 Å². The number of benzene rings is 3. The summed E-state index contributed by atoms with van der Waals surface area (Å²) in [5, 5.41) is 0. The van der Waals surface area contributed by atoms with Crippen molar-refractivity contribution in [3.05, 3.63) is 108 Å². The van der Waals surface area contributed by atoms with Gasteiger partial charge in [-0.15, -0.1) is 11.8 Å². The summed E-state index contributed by atoms with van der Waals surface area (Å²) in [6.45, 7) is 4.74. The smallest absolute Gasteiger partial charge is 0.302 e. The van der Waals surface area contributed by atoms with Crippen molar-refractivity contribution in [3.63, 3.8) is 0 Å². The molecule has 0 radical (unpaired) electrons. The second kappa shape index (κ2) is 15.0. The van der Waals surface area contributed by atoms with Gasteiger partial charge < -0.3 is 23.7 Å². The predicted octanol–water partition coefficient (Wildman–Crippen LogP) is 5.78. The average molecular weight is 537 g/mol. The van der Waals surface area contributed by atoms with Crippen LogP contribution in [0.3, 0.4) is 0 Å². The molecular weight excluding hydrogens is 500 g/mol. The van der Waals surface area contributed by atoms with Crippen molar-refractivity contribution in [1.29, 1.82) is 0 Å². The zero-order valence-corrected chi connectivity index (χ0v) is 22.8. The van der Waals surface area contributed by atoms with Gasteiger partial charge in [-0.2, -0.15) is 0 Å². The Morgan fingerprint density at radius 3 is 1.61 bits per heavy atom. The van der Waals surface area contributed by atoms with E-state index in [0.29, 0.717) is 19.8 Å². The molecule has 6 nitrogen and oxygen atoms in total. The minimum Gasteiger partial charge on any atom is -0.463 e. The molecule has 4 rings (SSSR count). The normalized spacial score (nSPS) is 23.2. The highest BCUT2D eigenvalue weighted by Gasteiger charge is 2.48. The maximum atomic E-state index is 11.7. The van der Waals surface area contributed by atoms with Crippen molar-refractivity contribution < 1.29 is 28.5 Å². The number of esters is 1. The Labute approximate surface area is 229 Å². The van der Waals surface area contributed by atoms with Crippen molar-refractivity contribution in [1.82, 2.24) is 0 Å². The number of carbonyl (C=O) groups is 1. The number of carbonyl (C=O) groups excluding carboxylic acids is 1. The highest BCUT2D eigenvalue weighted by atomic mass is 32.2. The van der Waals surface area contributed by atoms with Gasteiger partial charge in [0.05, 0.1) is 19.8 Å². The number of hydrogen-bond acceptors (Lipinski definition) is 7. The van der Waals surface area contributed by atoms with Gasteiger partial charge in [0.15, 0.2) is 0 Å². The second-order valence-corrected chi connectivity index (χ2v) is 10.5. The fourth-order valence-corrected chi connectivity index (χ4v) is 5.35. The Morgan fingerprint density at radius 1 is 0.711 bits per heavy atom. The van der Waals surface area contributed by atoms with Crippen LogP contribution in [-0.4, -0.2) is 48.2 Å². The van der Waals surface area contributed by atoms with Gasteiger partial charge in [0, 0.05) is 6.92 Å². The zero-order chi connectivity index (χ0) is 26.6. The van der Waals surface area contributed by atoms with Gasteiger partial charge in [-0.05, 0) is 22.4 Å². The lowest BCUT2D eigenvalue weighted by atomic mass is 9.99. The van der Waals surface area contributed by atoms with Gasteiger partial charge in [0.25, 0.3) is 0 Å². The second-order valence-electron chi connectivity index (χ2n) is 9.08. The van der Waals surface area contributed by atoms with Crippen LogP contribution in [0, 0.1) is 0 Å². The highest BCUT2D eigenvalue weighted by molar-refractivity contribution is 7.99. The molecule has 7 heteroatoms. The summed E-state index contributed by atoms with van der Waals surface area (Å²) < 4.78 is 31.6. The van der Waals surface area contributed by atoms with Gasteiger partial charge in [0.2, 0.25) is 0 Å². The Balaban J connectivity index is 1.62. The summed E-state index contributed by atoms with van der Waals surface area (Å²) in [4.78, 5) is 11.7. The minimum absolute atomic E-state index is 0.0756. The number of rotatable bonds is 13. The average Bonchev–Trinajstić information content (AvgIpc) is 2.95. The molecule has 5 atom stereocenters. The molecule has 1 fully saturated rings. The molecule has 0 aromatic heterocycles. The van der Waals surface area contributed by atoms with Crippen LogP contribution in [0.25, 0.3) is 0 Å². The van der Waals surface area contributed by atoms with Crippen LogP contribution in [0.1, 0.15) is 30.5 Å². The lowest BCUT2D eigenvalue weighted by Crippen LogP contribution is -2.60. The van der Waals surface area contributed by atoms with Crippen molar-refractivity contribution in [3.8, 4) is 0 Å². The van der Waals surface area contributed by atoms with E-state index in [1.807, 2.05) is 91.0 Å². The van der Waals surface area contributed by atoms with Crippen molar-refractivity contribution in [2.24, 2.45) is 0 Å². The molecule has 1 saturated heterocycles. The summed E-state index contributed by atoms with van der Waals surface area (Å²) in [5.74, 6) is 0.469. The molecule has 0 unspecified atom stereocenters. The van der Waals surface area contributed by atoms with E-state index in [1.54, 1.807) is 11.8 Å². The summed E-state index contributed by atoms with van der Waals surface area (Å²) in [6, 6.07) is 30.1. The number of thioether (sulfide) groups is 1. The Bertz CT molecular complexity index is 1080. The van der Waals surface area contributed by atoms with Crippen LogP contribution >= 0.6 is 11.8 Å². The molecule has 0 amide bonds. The minimum atomic E-state index is -0.521. The van der Waals surface area contributed by atoms with Gasteiger partial charge in [-0.25, -0.2) is 0 Å². The molecule has 0 N–H and O–H groups in total. The van der Waals surface area contributed by atoms with Gasteiger partial charge in [0.1, 0.15) is 36.5 Å².